The van der Waals surface area contributed by atoms with E-state index in [1.165, 1.54) is 67.8 Å². The summed E-state index contributed by atoms with van der Waals surface area (Å²) in [4.78, 5) is 94.0. The lowest BCUT2D eigenvalue weighted by atomic mass is 10.1. The first kappa shape index (κ1) is 38.5. The van der Waals surface area contributed by atoms with E-state index in [-0.39, 0.29) is 61.4 Å². The molecular weight excluding hydrogens is 786 g/mol. The zero-order valence-electron chi connectivity index (χ0n) is 30.4. The van der Waals surface area contributed by atoms with Gasteiger partial charge in [-0.2, -0.15) is 9.87 Å². The fraction of sp³-hybridized carbons (Fsp3) is 0.108. The van der Waals surface area contributed by atoms with Gasteiger partial charge in [-0.25, -0.2) is 36.7 Å². The molecule has 0 saturated carbocycles. The van der Waals surface area contributed by atoms with Crippen molar-refractivity contribution in [2.24, 2.45) is 0 Å². The van der Waals surface area contributed by atoms with Crippen LogP contribution in [0.15, 0.2) is 116 Å². The van der Waals surface area contributed by atoms with Gasteiger partial charge < -0.3 is 32.9 Å². The van der Waals surface area contributed by atoms with Crippen molar-refractivity contribution >= 4 is 55.7 Å². The number of hydrogen-bond acceptors (Lipinski definition) is 16. The molecule has 3 heterocycles. The SMILES string of the molecule is COOc1cccc2c(=O)n(-c3cc(C(=O)Nc4ccc(S(=O)(=O)Nc5nc(C)c(C)o5)cc4)cc(-n4c(=O)oc5c(OC(=O)OC)cccc5c4=O)c3)c(=O)oc12. The van der Waals surface area contributed by atoms with Gasteiger partial charge in [0, 0.05) is 11.3 Å². The molecule has 0 unspecified atom stereocenters. The number of carbonyl (C=O) groups excluding carboxylic acids is 2. The number of nitrogens with one attached hydrogen (secondary N) is 2. The van der Waals surface area contributed by atoms with Crippen molar-refractivity contribution in [3.05, 3.63) is 138 Å². The fourth-order valence-electron chi connectivity index (χ4n) is 5.66. The van der Waals surface area contributed by atoms with Gasteiger partial charge in [-0.05, 0) is 80.6 Å². The second kappa shape index (κ2) is 15.0. The molecule has 0 aliphatic heterocycles. The van der Waals surface area contributed by atoms with Crippen LogP contribution in [0.3, 0.4) is 0 Å². The number of carbonyl (C=O) groups is 2. The number of ether oxygens (including phenoxy) is 2. The largest absolute Gasteiger partial charge is 0.513 e. The maximum Gasteiger partial charge on any atom is 0.513 e. The summed E-state index contributed by atoms with van der Waals surface area (Å²) in [6.07, 6.45) is -1.16. The third-order valence-electron chi connectivity index (χ3n) is 8.46. The van der Waals surface area contributed by atoms with Gasteiger partial charge in [-0.1, -0.05) is 12.1 Å². The van der Waals surface area contributed by atoms with Crippen LogP contribution in [-0.2, 0) is 19.6 Å². The standard InChI is InChI=1S/C37H27N5O15S/c1-18-19(2)53-34(38-18)40-58(49,50)24-13-11-21(12-14-24)39-31(43)20-15-22(41-32(44)25-7-5-9-27(54-37(48)51-3)29(25)55-35(41)46)17-23(16-20)42-33(45)26-8-6-10-28(57-52-4)30(26)56-36(42)47/h5-17H,1-4H3,(H,38,40)(H,39,43). The zero-order chi connectivity index (χ0) is 41.5. The number of anilines is 2. The molecule has 1 amide bonds. The molecule has 7 aromatic rings. The first-order chi connectivity index (χ1) is 27.7. The van der Waals surface area contributed by atoms with Gasteiger partial charge in [-0.15, -0.1) is 0 Å². The van der Waals surface area contributed by atoms with Gasteiger partial charge in [-0.3, -0.25) is 14.4 Å². The number of fused-ring (bicyclic) bond motifs is 2. The van der Waals surface area contributed by atoms with Gasteiger partial charge in [0.1, 0.15) is 5.76 Å². The Balaban J connectivity index is 1.34. The molecule has 2 N–H and O–H groups in total. The van der Waals surface area contributed by atoms with E-state index in [2.05, 4.69) is 24.6 Å². The van der Waals surface area contributed by atoms with Crippen LogP contribution in [0, 0.1) is 13.8 Å². The minimum absolute atomic E-state index is 0.0901. The molecule has 0 aliphatic carbocycles. The number of rotatable bonds is 10. The molecule has 3 aromatic heterocycles. The van der Waals surface area contributed by atoms with Crippen LogP contribution in [0.5, 0.6) is 11.5 Å². The van der Waals surface area contributed by atoms with E-state index in [0.29, 0.717) is 20.6 Å². The van der Waals surface area contributed by atoms with Crippen LogP contribution >= 0.6 is 0 Å². The smallest absolute Gasteiger partial charge is 0.437 e. The lowest BCUT2D eigenvalue weighted by Crippen LogP contribution is -2.33. The average molecular weight is 814 g/mol. The van der Waals surface area contributed by atoms with Crippen molar-refractivity contribution in [1.29, 1.82) is 0 Å². The minimum Gasteiger partial charge on any atom is -0.437 e. The van der Waals surface area contributed by atoms with Crippen molar-refractivity contribution in [1.82, 2.24) is 14.1 Å². The molecular formula is C37H27N5O15S. The zero-order valence-corrected chi connectivity index (χ0v) is 31.2. The van der Waals surface area contributed by atoms with Gasteiger partial charge in [0.05, 0.1) is 47.0 Å². The fourth-order valence-corrected chi connectivity index (χ4v) is 6.59. The molecule has 0 spiro atoms. The molecule has 0 bridgehead atoms. The second-order valence-corrected chi connectivity index (χ2v) is 13.8. The van der Waals surface area contributed by atoms with Gasteiger partial charge in [0.2, 0.25) is 5.75 Å². The summed E-state index contributed by atoms with van der Waals surface area (Å²) in [6.45, 7) is 3.26. The lowest BCUT2D eigenvalue weighted by molar-refractivity contribution is -0.177. The van der Waals surface area contributed by atoms with E-state index in [9.17, 15) is 37.2 Å². The van der Waals surface area contributed by atoms with E-state index in [1.54, 1.807) is 13.8 Å². The number of para-hydroxylation sites is 2. The number of methoxy groups -OCH3 is 1. The monoisotopic (exact) mass is 813 g/mol. The third kappa shape index (κ3) is 7.20. The van der Waals surface area contributed by atoms with Crippen molar-refractivity contribution in [3.63, 3.8) is 0 Å². The maximum atomic E-state index is 13.9. The van der Waals surface area contributed by atoms with Crippen molar-refractivity contribution in [2.75, 3.05) is 24.3 Å². The molecule has 0 saturated heterocycles. The highest BCUT2D eigenvalue weighted by molar-refractivity contribution is 7.92. The van der Waals surface area contributed by atoms with Crippen molar-refractivity contribution in [2.45, 2.75) is 18.7 Å². The van der Waals surface area contributed by atoms with Gasteiger partial charge in [0.25, 0.3) is 27.0 Å². The van der Waals surface area contributed by atoms with E-state index in [4.69, 9.17) is 22.9 Å². The quantitative estimate of drug-likeness (QED) is 0.0857. The summed E-state index contributed by atoms with van der Waals surface area (Å²) in [5, 5.41) is 2.17. The topological polar surface area (TPSA) is 260 Å². The summed E-state index contributed by atoms with van der Waals surface area (Å²) in [7, 11) is -1.91. The molecule has 7 rings (SSSR count). The highest BCUT2D eigenvalue weighted by atomic mass is 32.2. The molecule has 0 aliphatic rings. The molecule has 0 atom stereocenters. The molecule has 20 nitrogen and oxygen atoms in total. The Labute approximate surface area is 323 Å². The third-order valence-corrected chi connectivity index (χ3v) is 9.79. The number of aromatic nitrogens is 3. The van der Waals surface area contributed by atoms with E-state index in [1.807, 2.05) is 0 Å². The summed E-state index contributed by atoms with van der Waals surface area (Å²) in [5.41, 5.74) is -3.03. The lowest BCUT2D eigenvalue weighted by Gasteiger charge is -2.13. The number of oxazole rings is 1. The van der Waals surface area contributed by atoms with Crippen LogP contribution in [0.4, 0.5) is 16.5 Å². The molecule has 21 heteroatoms. The number of aryl methyl sites for hydroxylation is 2. The Bertz CT molecular complexity index is 3140. The summed E-state index contributed by atoms with van der Waals surface area (Å²) in [5.74, 6) is -3.45. The van der Waals surface area contributed by atoms with E-state index >= 15 is 0 Å². The van der Waals surface area contributed by atoms with E-state index < -0.39 is 50.3 Å². The molecule has 296 valence electrons. The normalized spacial score (nSPS) is 11.4. The highest BCUT2D eigenvalue weighted by Crippen LogP contribution is 2.26. The van der Waals surface area contributed by atoms with Crippen LogP contribution in [0.25, 0.3) is 33.3 Å². The summed E-state index contributed by atoms with van der Waals surface area (Å²) >= 11 is 0. The van der Waals surface area contributed by atoms with Crippen LogP contribution in [0.2, 0.25) is 0 Å². The average Bonchev–Trinajstić information content (AvgIpc) is 3.50. The second-order valence-electron chi connectivity index (χ2n) is 12.1. The number of nitrogens with zero attached hydrogens (tertiary/aromatic N) is 3. The molecule has 0 radical (unpaired) electrons. The minimum atomic E-state index is -4.16. The van der Waals surface area contributed by atoms with Gasteiger partial charge >= 0.3 is 23.7 Å². The van der Waals surface area contributed by atoms with E-state index in [0.717, 1.165) is 25.3 Å². The molecule has 0 fully saturated rings. The van der Waals surface area contributed by atoms with Crippen molar-refractivity contribution < 1.29 is 50.5 Å². The Kier molecular flexibility index (Phi) is 9.98. The number of sulfonamides is 1. The first-order valence-corrected chi connectivity index (χ1v) is 18.1. The van der Waals surface area contributed by atoms with Gasteiger partial charge in [0.15, 0.2) is 16.9 Å². The number of hydrogen-bond donors (Lipinski definition) is 2. The van der Waals surface area contributed by atoms with Crippen LogP contribution in [-0.4, -0.2) is 48.8 Å². The summed E-state index contributed by atoms with van der Waals surface area (Å²) < 4.78 is 54.9. The van der Waals surface area contributed by atoms with Crippen LogP contribution < -0.4 is 42.3 Å². The Morgan fingerprint density at radius 3 is 1.84 bits per heavy atom. The predicted molar refractivity (Wildman–Crippen MR) is 202 cm³/mol. The number of benzene rings is 4. The maximum absolute atomic E-state index is 13.9. The Hall–Kier alpha value is -7.78. The van der Waals surface area contributed by atoms with Crippen molar-refractivity contribution in [3.8, 4) is 22.9 Å². The first-order valence-electron chi connectivity index (χ1n) is 16.6. The molecule has 4 aromatic carbocycles. The Morgan fingerprint density at radius 2 is 1.31 bits per heavy atom. The predicted octanol–water partition coefficient (Wildman–Crippen LogP) is 3.94. The summed E-state index contributed by atoms with van der Waals surface area (Å²) in [6, 6.07) is 16.0. The Morgan fingerprint density at radius 1 is 0.741 bits per heavy atom. The number of amides is 1. The highest BCUT2D eigenvalue weighted by Gasteiger charge is 2.23. The van der Waals surface area contributed by atoms with Crippen LogP contribution in [0.1, 0.15) is 21.8 Å². The molecule has 58 heavy (non-hydrogen) atoms.